The van der Waals surface area contributed by atoms with E-state index in [1.165, 1.54) is 37.5 Å². The molecule has 0 aliphatic heterocycles. The maximum absolute atomic E-state index is 12.2. The second kappa shape index (κ2) is 9.86. The third kappa shape index (κ3) is 6.46. The van der Waals surface area contributed by atoms with Crippen LogP contribution in [-0.4, -0.2) is 48.7 Å². The summed E-state index contributed by atoms with van der Waals surface area (Å²) in [4.78, 5) is 46.1. The summed E-state index contributed by atoms with van der Waals surface area (Å²) in [6.07, 6.45) is 2.31. The number of methoxy groups -OCH3 is 1. The molecule has 1 atom stereocenters. The topological polar surface area (TPSA) is 119 Å². The van der Waals surface area contributed by atoms with Crippen LogP contribution >= 0.6 is 0 Å². The van der Waals surface area contributed by atoms with E-state index in [1.807, 2.05) is 0 Å². The van der Waals surface area contributed by atoms with E-state index in [1.54, 1.807) is 6.92 Å². The van der Waals surface area contributed by atoms with Crippen LogP contribution in [0.15, 0.2) is 36.4 Å². The summed E-state index contributed by atoms with van der Waals surface area (Å²) in [5, 5.41) is 11.5. The molecule has 0 spiro atoms. The molecule has 2 N–H and O–H groups in total. The maximum Gasteiger partial charge on any atom is 0.337 e. The van der Waals surface area contributed by atoms with Gasteiger partial charge in [-0.3, -0.25) is 4.79 Å². The molecule has 0 radical (unpaired) electrons. The molecular weight excluding hydrogens is 330 g/mol. The molecule has 0 saturated heterocycles. The summed E-state index contributed by atoms with van der Waals surface area (Å²) in [5.74, 6) is -3.13. The van der Waals surface area contributed by atoms with Crippen molar-refractivity contribution in [3.63, 3.8) is 0 Å². The number of carboxylic acid groups (broad SMARTS) is 1. The number of ether oxygens (including phenoxy) is 2. The summed E-state index contributed by atoms with van der Waals surface area (Å²) < 4.78 is 9.24. The lowest BCUT2D eigenvalue weighted by Crippen LogP contribution is -2.40. The predicted molar refractivity (Wildman–Crippen MR) is 87.1 cm³/mol. The number of hydrogen-bond acceptors (Lipinski definition) is 6. The Morgan fingerprint density at radius 2 is 1.92 bits per heavy atom. The van der Waals surface area contributed by atoms with Gasteiger partial charge >= 0.3 is 17.9 Å². The number of aliphatic carboxylic acids is 1. The van der Waals surface area contributed by atoms with Gasteiger partial charge in [-0.25, -0.2) is 14.4 Å². The summed E-state index contributed by atoms with van der Waals surface area (Å²) in [7, 11) is 1.21. The third-order valence-corrected chi connectivity index (χ3v) is 3.06. The second-order valence-electron chi connectivity index (χ2n) is 4.83. The number of benzene rings is 1. The number of amides is 1. The minimum absolute atomic E-state index is 0.101. The SMILES string of the molecule is CCOC(=O)/C=C/C[C@@H](NC(=O)c1cccc(C(=O)OC)c1)C(=O)O. The Kier molecular flexibility index (Phi) is 7.85. The fraction of sp³-hybridized carbons (Fsp3) is 0.294. The van der Waals surface area contributed by atoms with Gasteiger partial charge in [0, 0.05) is 11.6 Å². The molecule has 0 bridgehead atoms. The van der Waals surface area contributed by atoms with Crippen LogP contribution in [0.2, 0.25) is 0 Å². The Morgan fingerprint density at radius 3 is 2.52 bits per heavy atom. The first-order valence-corrected chi connectivity index (χ1v) is 7.44. The molecule has 1 aromatic carbocycles. The molecule has 1 aromatic rings. The van der Waals surface area contributed by atoms with Gasteiger partial charge in [0.05, 0.1) is 19.3 Å². The van der Waals surface area contributed by atoms with Crippen LogP contribution in [0.4, 0.5) is 0 Å². The zero-order valence-corrected chi connectivity index (χ0v) is 13.9. The highest BCUT2D eigenvalue weighted by atomic mass is 16.5. The molecule has 1 amide bonds. The van der Waals surface area contributed by atoms with E-state index in [2.05, 4.69) is 14.8 Å². The van der Waals surface area contributed by atoms with Crippen LogP contribution in [0.1, 0.15) is 34.1 Å². The first-order valence-electron chi connectivity index (χ1n) is 7.44. The highest BCUT2D eigenvalue weighted by molar-refractivity contribution is 5.99. The van der Waals surface area contributed by atoms with Gasteiger partial charge in [-0.1, -0.05) is 12.1 Å². The molecule has 0 heterocycles. The molecule has 8 heteroatoms. The van der Waals surface area contributed by atoms with Crippen molar-refractivity contribution < 1.29 is 33.8 Å². The molecule has 0 aliphatic carbocycles. The molecular formula is C17H19NO7. The van der Waals surface area contributed by atoms with Crippen LogP contribution in [-0.2, 0) is 19.1 Å². The fourth-order valence-corrected chi connectivity index (χ4v) is 1.86. The van der Waals surface area contributed by atoms with E-state index in [9.17, 15) is 24.3 Å². The number of nitrogens with one attached hydrogen (secondary N) is 1. The molecule has 0 fully saturated rings. The average molecular weight is 349 g/mol. The molecule has 0 aromatic heterocycles. The van der Waals surface area contributed by atoms with Crippen LogP contribution in [0.3, 0.4) is 0 Å². The van der Waals surface area contributed by atoms with Gasteiger partial charge in [-0.2, -0.15) is 0 Å². The number of esters is 2. The largest absolute Gasteiger partial charge is 0.480 e. The lowest BCUT2D eigenvalue weighted by Gasteiger charge is -2.13. The minimum Gasteiger partial charge on any atom is -0.480 e. The second-order valence-corrected chi connectivity index (χ2v) is 4.83. The van der Waals surface area contributed by atoms with Crippen molar-refractivity contribution in [3.8, 4) is 0 Å². The number of hydrogen-bond donors (Lipinski definition) is 2. The van der Waals surface area contributed by atoms with Crippen LogP contribution < -0.4 is 5.32 Å². The average Bonchev–Trinajstić information content (AvgIpc) is 2.60. The Labute approximate surface area is 144 Å². The van der Waals surface area contributed by atoms with Crippen LogP contribution in [0.5, 0.6) is 0 Å². The van der Waals surface area contributed by atoms with Gasteiger partial charge in [0.2, 0.25) is 0 Å². The highest BCUT2D eigenvalue weighted by Crippen LogP contribution is 2.08. The summed E-state index contributed by atoms with van der Waals surface area (Å²) in [6.45, 7) is 1.85. The molecule has 0 unspecified atom stereocenters. The van der Waals surface area contributed by atoms with Crippen molar-refractivity contribution in [1.29, 1.82) is 0 Å². The number of carboxylic acids is 1. The van der Waals surface area contributed by atoms with E-state index < -0.39 is 29.9 Å². The van der Waals surface area contributed by atoms with Crippen molar-refractivity contribution >= 4 is 23.8 Å². The van der Waals surface area contributed by atoms with Crippen molar-refractivity contribution in [2.75, 3.05) is 13.7 Å². The summed E-state index contributed by atoms with van der Waals surface area (Å²) >= 11 is 0. The summed E-state index contributed by atoms with van der Waals surface area (Å²) in [6, 6.07) is 4.46. The lowest BCUT2D eigenvalue weighted by molar-refractivity contribution is -0.139. The van der Waals surface area contributed by atoms with E-state index in [0.717, 1.165) is 6.08 Å². The molecule has 0 saturated carbocycles. The van der Waals surface area contributed by atoms with E-state index >= 15 is 0 Å². The first kappa shape index (κ1) is 19.9. The van der Waals surface area contributed by atoms with Gasteiger partial charge in [-0.05, 0) is 31.5 Å². The molecule has 8 nitrogen and oxygen atoms in total. The lowest BCUT2D eigenvalue weighted by atomic mass is 10.1. The Morgan fingerprint density at radius 1 is 1.24 bits per heavy atom. The number of rotatable bonds is 8. The minimum atomic E-state index is -1.26. The van der Waals surface area contributed by atoms with E-state index in [4.69, 9.17) is 0 Å². The third-order valence-electron chi connectivity index (χ3n) is 3.06. The molecule has 25 heavy (non-hydrogen) atoms. The Balaban J connectivity index is 2.78. The highest BCUT2D eigenvalue weighted by Gasteiger charge is 2.20. The Hall–Kier alpha value is -3.16. The predicted octanol–water partition coefficient (Wildman–Crippen LogP) is 1.17. The normalized spacial score (nSPS) is 11.6. The van der Waals surface area contributed by atoms with E-state index in [-0.39, 0.29) is 24.2 Å². The van der Waals surface area contributed by atoms with Crippen molar-refractivity contribution in [2.45, 2.75) is 19.4 Å². The van der Waals surface area contributed by atoms with Gasteiger partial charge < -0.3 is 19.9 Å². The number of carbonyl (C=O) groups excluding carboxylic acids is 3. The van der Waals surface area contributed by atoms with Gasteiger partial charge in [-0.15, -0.1) is 0 Å². The fourth-order valence-electron chi connectivity index (χ4n) is 1.86. The van der Waals surface area contributed by atoms with Crippen molar-refractivity contribution in [3.05, 3.63) is 47.5 Å². The molecule has 134 valence electrons. The van der Waals surface area contributed by atoms with Crippen LogP contribution in [0, 0.1) is 0 Å². The zero-order valence-electron chi connectivity index (χ0n) is 13.9. The first-order chi connectivity index (χ1) is 11.9. The Bertz CT molecular complexity index is 681. The van der Waals surface area contributed by atoms with Crippen LogP contribution in [0.25, 0.3) is 0 Å². The standard InChI is InChI=1S/C17H19NO7/c1-3-25-14(19)9-5-8-13(16(21)22)18-15(20)11-6-4-7-12(10-11)17(23)24-2/h4-7,9-10,13H,3,8H2,1-2H3,(H,18,20)(H,21,22)/b9-5+/t13-/m1/s1. The van der Waals surface area contributed by atoms with Crippen molar-refractivity contribution in [1.82, 2.24) is 5.32 Å². The maximum atomic E-state index is 12.2. The number of carbonyl (C=O) groups is 4. The summed E-state index contributed by atoms with van der Waals surface area (Å²) in [5.41, 5.74) is 0.285. The quantitative estimate of drug-likeness (QED) is 0.534. The molecule has 1 rings (SSSR count). The van der Waals surface area contributed by atoms with E-state index in [0.29, 0.717) is 0 Å². The van der Waals surface area contributed by atoms with Gasteiger partial charge in [0.15, 0.2) is 0 Å². The molecule has 0 aliphatic rings. The van der Waals surface area contributed by atoms with Gasteiger partial charge in [0.25, 0.3) is 5.91 Å². The van der Waals surface area contributed by atoms with Gasteiger partial charge in [0.1, 0.15) is 6.04 Å². The monoisotopic (exact) mass is 349 g/mol. The smallest absolute Gasteiger partial charge is 0.337 e. The van der Waals surface area contributed by atoms with Crippen molar-refractivity contribution in [2.24, 2.45) is 0 Å². The zero-order chi connectivity index (χ0) is 18.8.